The van der Waals surface area contributed by atoms with Crippen LogP contribution in [0.2, 0.25) is 0 Å². The summed E-state index contributed by atoms with van der Waals surface area (Å²) in [4.78, 5) is 0. The van der Waals surface area contributed by atoms with E-state index in [9.17, 15) is 0 Å². The fourth-order valence-electron chi connectivity index (χ4n) is 2.41. The highest BCUT2D eigenvalue weighted by Gasteiger charge is 2.19. The van der Waals surface area contributed by atoms with Crippen LogP contribution in [-0.4, -0.2) is 5.16 Å². The van der Waals surface area contributed by atoms with Crippen LogP contribution in [-0.2, 0) is 0 Å². The number of aryl methyl sites for hydroxylation is 2. The smallest absolute Gasteiger partial charge is 0.230 e. The Hall–Kier alpha value is -2.07. The number of hydrogen-bond donors (Lipinski definition) is 1. The molecule has 0 unspecified atom stereocenters. The number of halogens is 1. The van der Waals surface area contributed by atoms with Gasteiger partial charge in [-0.3, -0.25) is 0 Å². The van der Waals surface area contributed by atoms with Gasteiger partial charge in [0, 0.05) is 10.0 Å². The van der Waals surface area contributed by atoms with E-state index in [-0.39, 0.29) is 0 Å². The molecule has 0 spiro atoms. The molecular formula is C17H15BrN2O. The highest BCUT2D eigenvalue weighted by molar-refractivity contribution is 9.10. The third-order valence-corrected chi connectivity index (χ3v) is 4.45. The molecule has 0 amide bonds. The predicted octanol–water partition coefficient (Wildman–Crippen LogP) is 4.97. The Bertz CT molecular complexity index is 808. The summed E-state index contributed by atoms with van der Waals surface area (Å²) in [5.74, 6) is 0.347. The van der Waals surface area contributed by atoms with Crippen LogP contribution in [0.3, 0.4) is 0 Å². The van der Waals surface area contributed by atoms with E-state index in [1.165, 1.54) is 0 Å². The molecule has 0 aliphatic rings. The summed E-state index contributed by atoms with van der Waals surface area (Å²) >= 11 is 3.51. The molecule has 0 aliphatic heterocycles. The molecule has 3 rings (SSSR count). The molecule has 0 fully saturated rings. The molecule has 1 aromatic heterocycles. The van der Waals surface area contributed by atoms with Gasteiger partial charge in [0.1, 0.15) is 5.69 Å². The van der Waals surface area contributed by atoms with Gasteiger partial charge in [-0.2, -0.15) is 0 Å². The first-order valence-corrected chi connectivity index (χ1v) is 7.45. The SMILES string of the molecule is Cc1cc(-c2noc(N)c2-c2ccccc2C)ccc1Br. The maximum Gasteiger partial charge on any atom is 0.230 e. The van der Waals surface area contributed by atoms with Crippen molar-refractivity contribution in [3.8, 4) is 22.4 Å². The van der Waals surface area contributed by atoms with Crippen molar-refractivity contribution < 1.29 is 4.52 Å². The molecule has 1 heterocycles. The summed E-state index contributed by atoms with van der Waals surface area (Å²) in [5.41, 5.74) is 12.0. The van der Waals surface area contributed by atoms with E-state index >= 15 is 0 Å². The first kappa shape index (κ1) is 13.9. The molecular weight excluding hydrogens is 328 g/mol. The van der Waals surface area contributed by atoms with E-state index in [1.54, 1.807) is 0 Å². The van der Waals surface area contributed by atoms with Gasteiger partial charge in [-0.1, -0.05) is 51.4 Å². The molecule has 106 valence electrons. The normalized spacial score (nSPS) is 10.8. The molecule has 0 radical (unpaired) electrons. The van der Waals surface area contributed by atoms with Gasteiger partial charge in [0.25, 0.3) is 0 Å². The number of nitrogens with zero attached hydrogens (tertiary/aromatic N) is 1. The molecule has 3 nitrogen and oxygen atoms in total. The summed E-state index contributed by atoms with van der Waals surface area (Å²) < 4.78 is 6.32. The lowest BCUT2D eigenvalue weighted by Gasteiger charge is -2.07. The highest BCUT2D eigenvalue weighted by Crippen LogP contribution is 2.38. The summed E-state index contributed by atoms with van der Waals surface area (Å²) in [5, 5.41) is 4.16. The molecule has 0 atom stereocenters. The molecule has 0 saturated carbocycles. The third-order valence-electron chi connectivity index (χ3n) is 3.56. The molecule has 2 N–H and O–H groups in total. The number of aromatic nitrogens is 1. The molecule has 0 aliphatic carbocycles. The third kappa shape index (κ3) is 2.47. The fourth-order valence-corrected chi connectivity index (χ4v) is 2.65. The zero-order valence-electron chi connectivity index (χ0n) is 11.9. The Morgan fingerprint density at radius 2 is 1.81 bits per heavy atom. The van der Waals surface area contributed by atoms with Gasteiger partial charge in [-0.25, -0.2) is 0 Å². The van der Waals surface area contributed by atoms with Crippen molar-refractivity contribution in [3.05, 3.63) is 58.1 Å². The van der Waals surface area contributed by atoms with Gasteiger partial charge in [0.2, 0.25) is 5.88 Å². The van der Waals surface area contributed by atoms with Crippen molar-refractivity contribution in [1.82, 2.24) is 5.16 Å². The Labute approximate surface area is 131 Å². The Kier molecular flexibility index (Phi) is 3.55. The average molecular weight is 343 g/mol. The van der Waals surface area contributed by atoms with Crippen LogP contribution in [0.1, 0.15) is 11.1 Å². The van der Waals surface area contributed by atoms with Crippen LogP contribution >= 0.6 is 15.9 Å². The van der Waals surface area contributed by atoms with Crippen LogP contribution in [0.4, 0.5) is 5.88 Å². The van der Waals surface area contributed by atoms with Gasteiger partial charge >= 0.3 is 0 Å². The lowest BCUT2D eigenvalue weighted by atomic mass is 9.97. The van der Waals surface area contributed by atoms with E-state index in [2.05, 4.69) is 40.1 Å². The summed E-state index contributed by atoms with van der Waals surface area (Å²) in [7, 11) is 0. The Morgan fingerprint density at radius 1 is 1.05 bits per heavy atom. The van der Waals surface area contributed by atoms with E-state index in [0.29, 0.717) is 5.88 Å². The first-order valence-electron chi connectivity index (χ1n) is 6.65. The highest BCUT2D eigenvalue weighted by atomic mass is 79.9. The van der Waals surface area contributed by atoms with Crippen LogP contribution in [0, 0.1) is 13.8 Å². The van der Waals surface area contributed by atoms with Crippen molar-refractivity contribution in [1.29, 1.82) is 0 Å². The van der Waals surface area contributed by atoms with E-state index < -0.39 is 0 Å². The summed E-state index contributed by atoms with van der Waals surface area (Å²) in [6.07, 6.45) is 0. The molecule has 2 aromatic carbocycles. The Morgan fingerprint density at radius 3 is 2.52 bits per heavy atom. The number of benzene rings is 2. The van der Waals surface area contributed by atoms with Gasteiger partial charge in [0.15, 0.2) is 0 Å². The standard InChI is InChI=1S/C17H15BrN2O/c1-10-5-3-4-6-13(10)15-16(20-21-17(15)19)12-7-8-14(18)11(2)9-12/h3-9H,19H2,1-2H3. The average Bonchev–Trinajstić information content (AvgIpc) is 2.84. The van der Waals surface area contributed by atoms with Crippen LogP contribution < -0.4 is 5.73 Å². The van der Waals surface area contributed by atoms with Crippen molar-refractivity contribution in [2.45, 2.75) is 13.8 Å². The minimum absolute atomic E-state index is 0.347. The fraction of sp³-hybridized carbons (Fsp3) is 0.118. The topological polar surface area (TPSA) is 52.0 Å². The number of anilines is 1. The monoisotopic (exact) mass is 342 g/mol. The Balaban J connectivity index is 2.22. The molecule has 0 bridgehead atoms. The molecule has 21 heavy (non-hydrogen) atoms. The second kappa shape index (κ2) is 5.37. The summed E-state index contributed by atoms with van der Waals surface area (Å²) in [6, 6.07) is 14.2. The number of rotatable bonds is 2. The first-order chi connectivity index (χ1) is 10.1. The maximum absolute atomic E-state index is 6.01. The minimum Gasteiger partial charge on any atom is -0.367 e. The van der Waals surface area contributed by atoms with Crippen molar-refractivity contribution in [2.75, 3.05) is 5.73 Å². The van der Waals surface area contributed by atoms with Gasteiger partial charge < -0.3 is 10.3 Å². The van der Waals surface area contributed by atoms with Gasteiger partial charge in [-0.05, 0) is 42.7 Å². The number of hydrogen-bond acceptors (Lipinski definition) is 3. The van der Waals surface area contributed by atoms with Crippen molar-refractivity contribution in [2.24, 2.45) is 0 Å². The number of nitrogens with two attached hydrogens (primary N) is 1. The predicted molar refractivity (Wildman–Crippen MR) is 89.0 cm³/mol. The zero-order chi connectivity index (χ0) is 15.0. The lowest BCUT2D eigenvalue weighted by Crippen LogP contribution is -1.90. The van der Waals surface area contributed by atoms with E-state index in [1.807, 2.05) is 37.3 Å². The van der Waals surface area contributed by atoms with Gasteiger partial charge in [-0.15, -0.1) is 0 Å². The molecule has 4 heteroatoms. The summed E-state index contributed by atoms with van der Waals surface area (Å²) in [6.45, 7) is 4.10. The van der Waals surface area contributed by atoms with Crippen LogP contribution in [0.5, 0.6) is 0 Å². The van der Waals surface area contributed by atoms with Crippen molar-refractivity contribution in [3.63, 3.8) is 0 Å². The largest absolute Gasteiger partial charge is 0.367 e. The van der Waals surface area contributed by atoms with Crippen molar-refractivity contribution >= 4 is 21.8 Å². The van der Waals surface area contributed by atoms with E-state index in [0.717, 1.165) is 38.0 Å². The second-order valence-corrected chi connectivity index (χ2v) is 5.90. The van der Waals surface area contributed by atoms with Crippen LogP contribution in [0.15, 0.2) is 51.5 Å². The second-order valence-electron chi connectivity index (χ2n) is 5.05. The van der Waals surface area contributed by atoms with Gasteiger partial charge in [0.05, 0.1) is 5.56 Å². The van der Waals surface area contributed by atoms with E-state index in [4.69, 9.17) is 10.3 Å². The number of nitrogen functional groups attached to an aromatic ring is 1. The lowest BCUT2D eigenvalue weighted by molar-refractivity contribution is 0.439. The minimum atomic E-state index is 0.347. The molecule has 0 saturated heterocycles. The quantitative estimate of drug-likeness (QED) is 0.715. The zero-order valence-corrected chi connectivity index (χ0v) is 13.4. The maximum atomic E-state index is 6.01. The van der Waals surface area contributed by atoms with Crippen LogP contribution in [0.25, 0.3) is 22.4 Å². The molecule has 3 aromatic rings.